The maximum atomic E-state index is 12.0. The monoisotopic (exact) mass is 258 g/mol. The van der Waals surface area contributed by atoms with E-state index in [-0.39, 0.29) is 17.6 Å². The number of aliphatic carboxylic acids is 1. The van der Waals surface area contributed by atoms with E-state index in [4.69, 9.17) is 16.7 Å². The van der Waals surface area contributed by atoms with Crippen molar-refractivity contribution in [3.05, 3.63) is 21.3 Å². The van der Waals surface area contributed by atoms with Crippen molar-refractivity contribution in [1.29, 1.82) is 0 Å². The zero-order valence-corrected chi connectivity index (χ0v) is 10.1. The third-order valence-corrected chi connectivity index (χ3v) is 4.35. The van der Waals surface area contributed by atoms with E-state index in [1.54, 1.807) is 11.4 Å². The molecule has 0 bridgehead atoms. The van der Waals surface area contributed by atoms with Crippen molar-refractivity contribution in [1.82, 2.24) is 0 Å². The number of halogens is 1. The molecule has 0 amide bonds. The molecule has 16 heavy (non-hydrogen) atoms. The zero-order valence-electron chi connectivity index (χ0n) is 8.48. The third kappa shape index (κ3) is 2.13. The molecule has 1 fully saturated rings. The van der Waals surface area contributed by atoms with Gasteiger partial charge in [-0.25, -0.2) is 0 Å². The van der Waals surface area contributed by atoms with Gasteiger partial charge in [-0.1, -0.05) is 11.6 Å². The number of carbonyl (C=O) groups excluding carboxylic acids is 1. The Morgan fingerprint density at radius 2 is 2.06 bits per heavy atom. The van der Waals surface area contributed by atoms with Crippen molar-refractivity contribution in [2.45, 2.75) is 19.3 Å². The Hall–Kier alpha value is -0.870. The third-order valence-electron chi connectivity index (χ3n) is 2.99. The lowest BCUT2D eigenvalue weighted by atomic mass is 9.99. The quantitative estimate of drug-likeness (QED) is 0.848. The first kappa shape index (κ1) is 11.6. The highest BCUT2D eigenvalue weighted by Crippen LogP contribution is 2.36. The summed E-state index contributed by atoms with van der Waals surface area (Å²) in [5.41, 5.74) is 0. The van der Waals surface area contributed by atoms with Gasteiger partial charge in [-0.2, -0.15) is 0 Å². The van der Waals surface area contributed by atoms with E-state index in [9.17, 15) is 9.59 Å². The molecular weight excluding hydrogens is 248 g/mol. The SMILES string of the molecule is O=C(O)C1CCC(C(=O)c2sccc2Cl)C1. The highest BCUT2D eigenvalue weighted by Gasteiger charge is 2.35. The number of thiophene rings is 1. The van der Waals surface area contributed by atoms with Gasteiger partial charge in [-0.15, -0.1) is 11.3 Å². The molecule has 1 aromatic heterocycles. The molecule has 0 aliphatic heterocycles. The topological polar surface area (TPSA) is 54.4 Å². The Labute approximate surface area is 102 Å². The molecule has 1 N–H and O–H groups in total. The van der Waals surface area contributed by atoms with Gasteiger partial charge in [0.25, 0.3) is 0 Å². The summed E-state index contributed by atoms with van der Waals surface area (Å²) in [6.07, 6.45) is 1.70. The highest BCUT2D eigenvalue weighted by molar-refractivity contribution is 7.12. The molecule has 3 nitrogen and oxygen atoms in total. The van der Waals surface area contributed by atoms with E-state index >= 15 is 0 Å². The predicted octanol–water partition coefficient (Wildman–Crippen LogP) is 3.09. The van der Waals surface area contributed by atoms with E-state index in [2.05, 4.69) is 0 Å². The van der Waals surface area contributed by atoms with Crippen molar-refractivity contribution in [2.75, 3.05) is 0 Å². The molecule has 0 saturated heterocycles. The fraction of sp³-hybridized carbons (Fsp3) is 0.455. The molecule has 1 aliphatic carbocycles. The van der Waals surface area contributed by atoms with Gasteiger partial charge in [0.2, 0.25) is 0 Å². The summed E-state index contributed by atoms with van der Waals surface area (Å²) in [5.74, 6) is -1.33. The van der Waals surface area contributed by atoms with Gasteiger partial charge in [0.15, 0.2) is 5.78 Å². The molecule has 1 saturated carbocycles. The van der Waals surface area contributed by atoms with E-state index < -0.39 is 5.97 Å². The number of carboxylic acid groups (broad SMARTS) is 1. The van der Waals surface area contributed by atoms with Crippen LogP contribution in [0.4, 0.5) is 0 Å². The Morgan fingerprint density at radius 3 is 2.56 bits per heavy atom. The highest BCUT2D eigenvalue weighted by atomic mass is 35.5. The van der Waals surface area contributed by atoms with Crippen LogP contribution in [0.3, 0.4) is 0 Å². The molecule has 2 unspecified atom stereocenters. The molecule has 0 aromatic carbocycles. The Kier molecular flexibility index (Phi) is 3.30. The van der Waals surface area contributed by atoms with Crippen LogP contribution in [-0.4, -0.2) is 16.9 Å². The molecule has 0 radical (unpaired) electrons. The fourth-order valence-electron chi connectivity index (χ4n) is 2.10. The molecule has 86 valence electrons. The molecule has 1 heterocycles. The summed E-state index contributed by atoms with van der Waals surface area (Å²) < 4.78 is 0. The van der Waals surface area contributed by atoms with E-state index in [1.165, 1.54) is 11.3 Å². The van der Waals surface area contributed by atoms with Crippen molar-refractivity contribution in [3.8, 4) is 0 Å². The predicted molar refractivity (Wildman–Crippen MR) is 62.1 cm³/mol. The molecule has 2 rings (SSSR count). The summed E-state index contributed by atoms with van der Waals surface area (Å²) in [6.45, 7) is 0. The first-order valence-electron chi connectivity index (χ1n) is 5.09. The second-order valence-corrected chi connectivity index (χ2v) is 5.33. The van der Waals surface area contributed by atoms with Crippen LogP contribution in [0.2, 0.25) is 5.02 Å². The summed E-state index contributed by atoms with van der Waals surface area (Å²) >= 11 is 7.21. The van der Waals surface area contributed by atoms with Gasteiger partial charge in [-0.05, 0) is 30.7 Å². The Morgan fingerprint density at radius 1 is 1.38 bits per heavy atom. The van der Waals surface area contributed by atoms with Crippen LogP contribution in [0.1, 0.15) is 28.9 Å². The van der Waals surface area contributed by atoms with Crippen LogP contribution in [0.25, 0.3) is 0 Å². The molecule has 1 aromatic rings. The molecule has 0 spiro atoms. The molecular formula is C11H11ClO3S. The number of carbonyl (C=O) groups is 2. The van der Waals surface area contributed by atoms with Crippen molar-refractivity contribution in [3.63, 3.8) is 0 Å². The van der Waals surface area contributed by atoms with Gasteiger partial charge in [0.05, 0.1) is 15.8 Å². The second kappa shape index (κ2) is 4.55. The Balaban J connectivity index is 2.08. The summed E-state index contributed by atoms with van der Waals surface area (Å²) in [5, 5.41) is 11.1. The number of hydrogen-bond donors (Lipinski definition) is 1. The van der Waals surface area contributed by atoms with Gasteiger partial charge in [-0.3, -0.25) is 9.59 Å². The number of carboxylic acids is 1. The second-order valence-electron chi connectivity index (χ2n) is 4.01. The fourth-order valence-corrected chi connectivity index (χ4v) is 3.27. The largest absolute Gasteiger partial charge is 0.481 e. The zero-order chi connectivity index (χ0) is 11.7. The first-order valence-corrected chi connectivity index (χ1v) is 6.35. The lowest BCUT2D eigenvalue weighted by Crippen LogP contribution is -2.14. The van der Waals surface area contributed by atoms with Gasteiger partial charge >= 0.3 is 5.97 Å². The summed E-state index contributed by atoms with van der Waals surface area (Å²) in [4.78, 5) is 23.4. The number of ketones is 1. The van der Waals surface area contributed by atoms with Crippen LogP contribution in [0.5, 0.6) is 0 Å². The van der Waals surface area contributed by atoms with Crippen molar-refractivity contribution in [2.24, 2.45) is 11.8 Å². The minimum absolute atomic E-state index is 0.00347. The van der Waals surface area contributed by atoms with Crippen LogP contribution < -0.4 is 0 Å². The molecule has 1 aliphatic rings. The summed E-state index contributed by atoms with van der Waals surface area (Å²) in [7, 11) is 0. The van der Waals surface area contributed by atoms with Crippen LogP contribution in [0, 0.1) is 11.8 Å². The van der Waals surface area contributed by atoms with Crippen LogP contribution in [0.15, 0.2) is 11.4 Å². The lowest BCUT2D eigenvalue weighted by molar-refractivity contribution is -0.141. The van der Waals surface area contributed by atoms with Crippen LogP contribution >= 0.6 is 22.9 Å². The average Bonchev–Trinajstić information content (AvgIpc) is 2.84. The van der Waals surface area contributed by atoms with Crippen LogP contribution in [-0.2, 0) is 4.79 Å². The maximum absolute atomic E-state index is 12.0. The minimum Gasteiger partial charge on any atom is -0.481 e. The van der Waals surface area contributed by atoms with E-state index in [0.717, 1.165) is 0 Å². The normalized spacial score (nSPS) is 24.6. The van der Waals surface area contributed by atoms with Gasteiger partial charge in [0.1, 0.15) is 0 Å². The number of hydrogen-bond acceptors (Lipinski definition) is 3. The van der Waals surface area contributed by atoms with Crippen molar-refractivity contribution >= 4 is 34.7 Å². The smallest absolute Gasteiger partial charge is 0.306 e. The average molecular weight is 259 g/mol. The van der Waals surface area contributed by atoms with Gasteiger partial charge < -0.3 is 5.11 Å². The molecule has 2 atom stereocenters. The number of Topliss-reactive ketones (excluding diaryl/α,β-unsaturated/α-hetero) is 1. The van der Waals surface area contributed by atoms with Gasteiger partial charge in [0, 0.05) is 5.92 Å². The minimum atomic E-state index is -0.799. The standard InChI is InChI=1S/C11H11ClO3S/c12-8-3-4-16-10(8)9(13)6-1-2-7(5-6)11(14)15/h3-4,6-7H,1-2,5H2,(H,14,15). The Bertz CT molecular complexity index is 427. The van der Waals surface area contributed by atoms with Crippen molar-refractivity contribution < 1.29 is 14.7 Å². The number of rotatable bonds is 3. The van der Waals surface area contributed by atoms with E-state index in [1.807, 2.05) is 0 Å². The lowest BCUT2D eigenvalue weighted by Gasteiger charge is -2.06. The first-order chi connectivity index (χ1) is 7.59. The molecule has 5 heteroatoms. The maximum Gasteiger partial charge on any atom is 0.306 e. The summed E-state index contributed by atoms with van der Waals surface area (Å²) in [6, 6.07) is 1.70. The van der Waals surface area contributed by atoms with E-state index in [0.29, 0.717) is 29.2 Å².